The maximum atomic E-state index is 13.1. The minimum Gasteiger partial charge on any atom is -0.334 e. The summed E-state index contributed by atoms with van der Waals surface area (Å²) in [5.41, 5.74) is 2.17. The van der Waals surface area contributed by atoms with E-state index in [1.54, 1.807) is 0 Å². The van der Waals surface area contributed by atoms with Crippen molar-refractivity contribution in [3.05, 3.63) is 77.9 Å². The Bertz CT molecular complexity index is 952. The fourth-order valence-electron chi connectivity index (χ4n) is 3.76. The third kappa shape index (κ3) is 4.38. The van der Waals surface area contributed by atoms with E-state index in [0.29, 0.717) is 6.04 Å². The highest BCUT2D eigenvalue weighted by molar-refractivity contribution is 5.90. The van der Waals surface area contributed by atoms with Crippen LogP contribution in [0.15, 0.2) is 60.7 Å². The van der Waals surface area contributed by atoms with E-state index in [0.717, 1.165) is 43.9 Å². The molecular formula is C23H27N5O. The smallest absolute Gasteiger partial charge is 0.293 e. The molecule has 6 heteroatoms. The first kappa shape index (κ1) is 19.3. The van der Waals surface area contributed by atoms with Gasteiger partial charge in [0.05, 0.1) is 5.69 Å². The lowest BCUT2D eigenvalue weighted by Gasteiger charge is -2.19. The summed E-state index contributed by atoms with van der Waals surface area (Å²) in [6, 6.07) is 20.6. The van der Waals surface area contributed by atoms with Crippen molar-refractivity contribution in [3.8, 4) is 5.69 Å². The summed E-state index contributed by atoms with van der Waals surface area (Å²) in [6.45, 7) is 1.48. The minimum absolute atomic E-state index is 0.0787. The molecule has 1 aliphatic rings. The minimum atomic E-state index is -0.0787. The lowest BCUT2D eigenvalue weighted by molar-refractivity contribution is 0.0771. The molecule has 1 atom stereocenters. The van der Waals surface area contributed by atoms with Crippen LogP contribution in [0.2, 0.25) is 0 Å². The van der Waals surface area contributed by atoms with Crippen LogP contribution < -0.4 is 0 Å². The number of likely N-dealkylation sites (tertiary alicyclic amines) is 1. The van der Waals surface area contributed by atoms with Crippen molar-refractivity contribution in [1.82, 2.24) is 24.6 Å². The van der Waals surface area contributed by atoms with Gasteiger partial charge in [0.25, 0.3) is 5.91 Å². The molecule has 0 N–H and O–H groups in total. The molecule has 150 valence electrons. The quantitative estimate of drug-likeness (QED) is 0.651. The summed E-state index contributed by atoms with van der Waals surface area (Å²) < 4.78 is 1.82. The van der Waals surface area contributed by atoms with Gasteiger partial charge in [0, 0.05) is 25.6 Å². The number of aromatic nitrogens is 3. The number of carbonyl (C=O) groups is 1. The highest BCUT2D eigenvalue weighted by Gasteiger charge is 2.30. The Labute approximate surface area is 171 Å². The number of hydrogen-bond donors (Lipinski definition) is 0. The molecule has 0 spiro atoms. The topological polar surface area (TPSA) is 54.3 Å². The maximum absolute atomic E-state index is 13.1. The summed E-state index contributed by atoms with van der Waals surface area (Å²) in [5, 5.41) is 4.61. The van der Waals surface area contributed by atoms with E-state index in [1.807, 2.05) is 58.1 Å². The lowest BCUT2D eigenvalue weighted by Crippen LogP contribution is -2.35. The molecule has 0 bridgehead atoms. The molecule has 1 aromatic heterocycles. The first-order valence-electron chi connectivity index (χ1n) is 10.1. The van der Waals surface area contributed by atoms with Crippen molar-refractivity contribution in [2.24, 2.45) is 0 Å². The van der Waals surface area contributed by atoms with Gasteiger partial charge in [0.2, 0.25) is 5.82 Å². The van der Waals surface area contributed by atoms with Gasteiger partial charge in [-0.3, -0.25) is 4.79 Å². The molecule has 0 saturated carbocycles. The van der Waals surface area contributed by atoms with Gasteiger partial charge in [-0.25, -0.2) is 9.67 Å². The Morgan fingerprint density at radius 3 is 2.38 bits per heavy atom. The first-order chi connectivity index (χ1) is 14.1. The zero-order chi connectivity index (χ0) is 20.2. The zero-order valence-corrected chi connectivity index (χ0v) is 17.0. The second-order valence-corrected chi connectivity index (χ2v) is 7.74. The standard InChI is InChI=1S/C23H27N5O/c1-26(2)20-15-16-27(17-20)23(29)22-24-21(14-13-18-9-5-3-6-10-18)28(25-22)19-11-7-4-8-12-19/h3-12,20H,13-17H2,1-2H3. The van der Waals surface area contributed by atoms with Crippen LogP contribution in [0.3, 0.4) is 0 Å². The van der Waals surface area contributed by atoms with Crippen LogP contribution in [0.25, 0.3) is 5.69 Å². The number of aryl methyl sites for hydroxylation is 2. The molecule has 4 rings (SSSR count). The predicted octanol–water partition coefficient (Wildman–Crippen LogP) is 2.83. The second kappa shape index (κ2) is 8.57. The molecule has 29 heavy (non-hydrogen) atoms. The maximum Gasteiger partial charge on any atom is 0.293 e. The number of rotatable bonds is 6. The number of nitrogens with zero attached hydrogens (tertiary/aromatic N) is 5. The average molecular weight is 390 g/mol. The molecule has 2 heterocycles. The fourth-order valence-corrected chi connectivity index (χ4v) is 3.76. The van der Waals surface area contributed by atoms with E-state index >= 15 is 0 Å². The van der Waals surface area contributed by atoms with E-state index in [4.69, 9.17) is 0 Å². The summed E-state index contributed by atoms with van der Waals surface area (Å²) in [4.78, 5) is 21.8. The Kier molecular flexibility index (Phi) is 5.71. The normalized spacial score (nSPS) is 16.5. The molecule has 0 aliphatic carbocycles. The highest BCUT2D eigenvalue weighted by Crippen LogP contribution is 2.17. The van der Waals surface area contributed by atoms with Crippen LogP contribution in [-0.4, -0.2) is 63.7 Å². The van der Waals surface area contributed by atoms with Crippen LogP contribution in [-0.2, 0) is 12.8 Å². The number of para-hydroxylation sites is 1. The molecule has 1 unspecified atom stereocenters. The monoisotopic (exact) mass is 389 g/mol. The fraction of sp³-hybridized carbons (Fsp3) is 0.348. The average Bonchev–Trinajstić information content (AvgIpc) is 3.41. The van der Waals surface area contributed by atoms with Crippen LogP contribution in [0.1, 0.15) is 28.4 Å². The van der Waals surface area contributed by atoms with Gasteiger partial charge in [-0.15, -0.1) is 5.10 Å². The lowest BCUT2D eigenvalue weighted by atomic mass is 10.1. The number of carbonyl (C=O) groups excluding carboxylic acids is 1. The Balaban J connectivity index is 1.58. The number of benzene rings is 2. The van der Waals surface area contributed by atoms with Crippen molar-refractivity contribution in [2.45, 2.75) is 25.3 Å². The van der Waals surface area contributed by atoms with Gasteiger partial charge in [0.1, 0.15) is 5.82 Å². The summed E-state index contributed by atoms with van der Waals surface area (Å²) in [5.74, 6) is 1.02. The van der Waals surface area contributed by atoms with Gasteiger partial charge in [-0.05, 0) is 44.6 Å². The first-order valence-corrected chi connectivity index (χ1v) is 10.1. The Morgan fingerprint density at radius 2 is 1.72 bits per heavy atom. The van der Waals surface area contributed by atoms with E-state index in [9.17, 15) is 4.79 Å². The van der Waals surface area contributed by atoms with Gasteiger partial charge < -0.3 is 9.80 Å². The van der Waals surface area contributed by atoms with Crippen LogP contribution in [0.4, 0.5) is 0 Å². The largest absolute Gasteiger partial charge is 0.334 e. The molecule has 0 radical (unpaired) electrons. The molecule has 1 saturated heterocycles. The third-order valence-corrected chi connectivity index (χ3v) is 5.53. The third-order valence-electron chi connectivity index (χ3n) is 5.53. The van der Waals surface area contributed by atoms with Crippen LogP contribution in [0, 0.1) is 0 Å². The predicted molar refractivity (Wildman–Crippen MR) is 113 cm³/mol. The molecule has 6 nitrogen and oxygen atoms in total. The van der Waals surface area contributed by atoms with E-state index in [2.05, 4.69) is 41.2 Å². The van der Waals surface area contributed by atoms with Gasteiger partial charge in [-0.2, -0.15) is 0 Å². The van der Waals surface area contributed by atoms with Crippen molar-refractivity contribution >= 4 is 5.91 Å². The van der Waals surface area contributed by atoms with E-state index < -0.39 is 0 Å². The van der Waals surface area contributed by atoms with Crippen LogP contribution >= 0.6 is 0 Å². The SMILES string of the molecule is CN(C)C1CCN(C(=O)c2nc(CCc3ccccc3)n(-c3ccccc3)n2)C1. The Hall–Kier alpha value is -2.99. The summed E-state index contributed by atoms with van der Waals surface area (Å²) in [6.07, 6.45) is 2.56. The van der Waals surface area contributed by atoms with E-state index in [1.165, 1.54) is 5.56 Å². The number of amides is 1. The summed E-state index contributed by atoms with van der Waals surface area (Å²) >= 11 is 0. The molecule has 1 fully saturated rings. The second-order valence-electron chi connectivity index (χ2n) is 7.74. The van der Waals surface area contributed by atoms with Crippen molar-refractivity contribution in [3.63, 3.8) is 0 Å². The number of hydrogen-bond acceptors (Lipinski definition) is 4. The molecule has 1 aliphatic heterocycles. The van der Waals surface area contributed by atoms with Crippen LogP contribution in [0.5, 0.6) is 0 Å². The van der Waals surface area contributed by atoms with Gasteiger partial charge >= 0.3 is 0 Å². The zero-order valence-electron chi connectivity index (χ0n) is 17.0. The molecular weight excluding hydrogens is 362 g/mol. The van der Waals surface area contributed by atoms with E-state index in [-0.39, 0.29) is 11.7 Å². The van der Waals surface area contributed by atoms with Crippen molar-refractivity contribution in [2.75, 3.05) is 27.2 Å². The summed E-state index contributed by atoms with van der Waals surface area (Å²) in [7, 11) is 4.12. The molecule has 1 amide bonds. The van der Waals surface area contributed by atoms with Crippen molar-refractivity contribution < 1.29 is 4.79 Å². The van der Waals surface area contributed by atoms with Gasteiger partial charge in [-0.1, -0.05) is 48.5 Å². The van der Waals surface area contributed by atoms with Gasteiger partial charge in [0.15, 0.2) is 0 Å². The highest BCUT2D eigenvalue weighted by atomic mass is 16.2. The molecule has 2 aromatic carbocycles. The number of likely N-dealkylation sites (N-methyl/N-ethyl adjacent to an activating group) is 1. The Morgan fingerprint density at radius 1 is 1.03 bits per heavy atom. The van der Waals surface area contributed by atoms with Crippen molar-refractivity contribution in [1.29, 1.82) is 0 Å². The molecule has 3 aromatic rings.